The smallest absolute Gasteiger partial charge is 0.340 e. The van der Waals surface area contributed by atoms with Crippen LogP contribution in [0.4, 0.5) is 0 Å². The van der Waals surface area contributed by atoms with Crippen LogP contribution in [0.25, 0.3) is 0 Å². The zero-order chi connectivity index (χ0) is 40.7. The van der Waals surface area contributed by atoms with Crippen molar-refractivity contribution < 1.29 is 38.5 Å². The fraction of sp³-hybridized carbons (Fsp3) is 0.915. The van der Waals surface area contributed by atoms with Gasteiger partial charge in [-0.1, -0.05) is 213 Å². The molecule has 0 aromatic heterocycles. The van der Waals surface area contributed by atoms with E-state index in [1.54, 1.807) is 0 Å². The topological polar surface area (TPSA) is 116 Å². The van der Waals surface area contributed by atoms with Crippen LogP contribution in [-0.2, 0) is 33.4 Å². The number of ether oxygens (including phenoxy) is 3. The molecule has 0 bridgehead atoms. The van der Waals surface area contributed by atoms with Crippen molar-refractivity contribution in [2.45, 2.75) is 252 Å². The summed E-state index contributed by atoms with van der Waals surface area (Å²) in [6.45, 7) is 8.07. The normalized spacial score (nSPS) is 13.0. The molecule has 1 N–H and O–H groups in total. The predicted octanol–water partition coefficient (Wildman–Crippen LogP) is 12.9. The molecule has 0 aromatic rings. The number of carbonyl (C=O) groups is 4. The number of ketones is 1. The van der Waals surface area contributed by atoms with E-state index in [-0.39, 0.29) is 19.8 Å². The van der Waals surface area contributed by atoms with Gasteiger partial charge in [0.05, 0.1) is 26.2 Å². The highest BCUT2D eigenvalue weighted by molar-refractivity contribution is 6.05. The quantitative estimate of drug-likeness (QED) is 0.0282. The summed E-state index contributed by atoms with van der Waals surface area (Å²) in [5, 5.41) is 11.7. The number of hydrogen-bond donors (Lipinski definition) is 1. The van der Waals surface area contributed by atoms with Gasteiger partial charge in [0.2, 0.25) is 0 Å². The molecule has 0 rings (SSSR count). The third-order valence-corrected chi connectivity index (χ3v) is 10.9. The van der Waals surface area contributed by atoms with Gasteiger partial charge in [0.1, 0.15) is 5.78 Å². The van der Waals surface area contributed by atoms with Crippen molar-refractivity contribution in [2.75, 3.05) is 19.8 Å². The molecule has 0 aliphatic rings. The molecule has 0 aliphatic heterocycles. The Morgan fingerprint density at radius 3 is 1.00 bits per heavy atom. The number of aliphatic hydroxyl groups is 1. The lowest BCUT2D eigenvalue weighted by Gasteiger charge is -2.30. The van der Waals surface area contributed by atoms with Gasteiger partial charge < -0.3 is 19.3 Å². The van der Waals surface area contributed by atoms with Crippen LogP contribution in [0.3, 0.4) is 0 Å². The molecule has 8 heteroatoms. The number of rotatable bonds is 42. The van der Waals surface area contributed by atoms with E-state index in [1.165, 1.54) is 135 Å². The summed E-state index contributed by atoms with van der Waals surface area (Å²) >= 11 is 0. The fourth-order valence-electron chi connectivity index (χ4n) is 7.29. The van der Waals surface area contributed by atoms with Crippen molar-refractivity contribution in [3.8, 4) is 0 Å². The first-order valence-corrected chi connectivity index (χ1v) is 23.5. The lowest BCUT2D eigenvalue weighted by atomic mass is 9.81. The van der Waals surface area contributed by atoms with Gasteiger partial charge >= 0.3 is 17.9 Å². The van der Waals surface area contributed by atoms with Crippen LogP contribution in [0.2, 0.25) is 0 Å². The van der Waals surface area contributed by atoms with Gasteiger partial charge in [-0.3, -0.25) is 14.4 Å². The SMILES string of the molecule is CCCCCCCCCCCCCOC(=O)CC(O)(C(=O)OCCCCCCCCCCCCC)C(C(C)=O)C(=O)OCCCCCCCCCCCCC. The summed E-state index contributed by atoms with van der Waals surface area (Å²) in [4.78, 5) is 52.6. The third-order valence-electron chi connectivity index (χ3n) is 10.9. The van der Waals surface area contributed by atoms with E-state index in [9.17, 15) is 24.3 Å². The monoisotopic (exact) mass is 781 g/mol. The molecule has 8 nitrogen and oxygen atoms in total. The molecule has 0 amide bonds. The number of carbonyl (C=O) groups excluding carboxylic acids is 4. The Kier molecular flexibility index (Phi) is 37.5. The second-order valence-electron chi connectivity index (χ2n) is 16.3. The number of esters is 3. The van der Waals surface area contributed by atoms with E-state index in [4.69, 9.17) is 14.2 Å². The lowest BCUT2D eigenvalue weighted by molar-refractivity contribution is -0.187. The highest BCUT2D eigenvalue weighted by Crippen LogP contribution is 2.28. The first-order valence-electron chi connectivity index (χ1n) is 23.5. The first-order chi connectivity index (χ1) is 26.7. The molecule has 0 aliphatic carbocycles. The molecule has 0 spiro atoms. The van der Waals surface area contributed by atoms with E-state index in [0.717, 1.165) is 64.7 Å². The average molecular weight is 781 g/mol. The zero-order valence-electron chi connectivity index (χ0n) is 36.5. The minimum atomic E-state index is -2.70. The van der Waals surface area contributed by atoms with Crippen LogP contribution in [0.15, 0.2) is 0 Å². The maximum Gasteiger partial charge on any atom is 0.340 e. The first kappa shape index (κ1) is 53.0. The van der Waals surface area contributed by atoms with Crippen LogP contribution in [0, 0.1) is 5.92 Å². The Hall–Kier alpha value is -1.96. The van der Waals surface area contributed by atoms with Crippen molar-refractivity contribution in [2.24, 2.45) is 5.92 Å². The van der Waals surface area contributed by atoms with Crippen molar-refractivity contribution in [3.63, 3.8) is 0 Å². The van der Waals surface area contributed by atoms with Crippen LogP contribution >= 0.6 is 0 Å². The van der Waals surface area contributed by atoms with Gasteiger partial charge in [-0.2, -0.15) is 0 Å². The van der Waals surface area contributed by atoms with Crippen molar-refractivity contribution in [1.82, 2.24) is 0 Å². The van der Waals surface area contributed by atoms with Gasteiger partial charge in [-0.15, -0.1) is 0 Å². The van der Waals surface area contributed by atoms with Gasteiger partial charge in [-0.05, 0) is 26.2 Å². The molecule has 2 atom stereocenters. The Morgan fingerprint density at radius 1 is 0.418 bits per heavy atom. The van der Waals surface area contributed by atoms with E-state index < -0.39 is 41.6 Å². The second-order valence-corrected chi connectivity index (χ2v) is 16.3. The van der Waals surface area contributed by atoms with Gasteiger partial charge in [0, 0.05) is 0 Å². The van der Waals surface area contributed by atoms with Crippen LogP contribution in [0.1, 0.15) is 246 Å². The molecule has 0 aromatic carbocycles. The fourth-order valence-corrected chi connectivity index (χ4v) is 7.29. The van der Waals surface area contributed by atoms with E-state index in [1.807, 2.05) is 0 Å². The van der Waals surface area contributed by atoms with Crippen LogP contribution in [0.5, 0.6) is 0 Å². The highest BCUT2D eigenvalue weighted by Gasteiger charge is 2.54. The number of unbranched alkanes of at least 4 members (excludes halogenated alkanes) is 30. The number of hydrogen-bond acceptors (Lipinski definition) is 8. The van der Waals surface area contributed by atoms with Crippen molar-refractivity contribution in [3.05, 3.63) is 0 Å². The molecule has 0 fully saturated rings. The van der Waals surface area contributed by atoms with Crippen molar-refractivity contribution >= 4 is 23.7 Å². The highest BCUT2D eigenvalue weighted by atomic mass is 16.6. The number of Topliss-reactive ketones (excluding diaryl/α,β-unsaturated/α-hetero) is 1. The summed E-state index contributed by atoms with van der Waals surface area (Å²) < 4.78 is 16.3. The van der Waals surface area contributed by atoms with E-state index >= 15 is 0 Å². The van der Waals surface area contributed by atoms with E-state index in [2.05, 4.69) is 20.8 Å². The Labute approximate surface area is 338 Å². The summed E-state index contributed by atoms with van der Waals surface area (Å²) in [6.07, 6.45) is 36.9. The molecule has 55 heavy (non-hydrogen) atoms. The third kappa shape index (κ3) is 30.8. The largest absolute Gasteiger partial charge is 0.466 e. The van der Waals surface area contributed by atoms with Crippen molar-refractivity contribution in [1.29, 1.82) is 0 Å². The molecular formula is C47H88O8. The maximum atomic E-state index is 13.4. The lowest BCUT2D eigenvalue weighted by Crippen LogP contribution is -2.55. The molecule has 0 saturated carbocycles. The van der Waals surface area contributed by atoms with Gasteiger partial charge in [0.25, 0.3) is 0 Å². The maximum absolute atomic E-state index is 13.4. The molecule has 324 valence electrons. The molecule has 0 saturated heterocycles. The predicted molar refractivity (Wildman–Crippen MR) is 226 cm³/mol. The average Bonchev–Trinajstić information content (AvgIpc) is 3.15. The Bertz CT molecular complexity index is 921. The minimum Gasteiger partial charge on any atom is -0.466 e. The second kappa shape index (κ2) is 38.9. The van der Waals surface area contributed by atoms with Gasteiger partial charge in [-0.25, -0.2) is 4.79 Å². The standard InChI is InChI=1S/C47H88O8/c1-5-8-11-14-17-20-23-26-29-32-35-38-53-43(49)41-47(52,46(51)55-40-37-34-31-28-25-22-19-16-13-10-7-3)44(42(4)48)45(50)54-39-36-33-30-27-24-21-18-15-12-9-6-2/h44,52H,5-41H2,1-4H3. The Balaban J connectivity index is 4.94. The van der Waals surface area contributed by atoms with E-state index in [0.29, 0.717) is 19.3 Å². The minimum absolute atomic E-state index is 0.0321. The summed E-state index contributed by atoms with van der Waals surface area (Å²) in [5.74, 6) is -5.63. The summed E-state index contributed by atoms with van der Waals surface area (Å²) in [5.41, 5.74) is -2.70. The zero-order valence-corrected chi connectivity index (χ0v) is 36.5. The molecule has 0 radical (unpaired) electrons. The van der Waals surface area contributed by atoms with Crippen LogP contribution < -0.4 is 0 Å². The molecule has 2 unspecified atom stereocenters. The molecule has 0 heterocycles. The van der Waals surface area contributed by atoms with Crippen LogP contribution in [-0.4, -0.2) is 54.2 Å². The molecular weight excluding hydrogens is 693 g/mol. The summed E-state index contributed by atoms with van der Waals surface area (Å²) in [7, 11) is 0. The summed E-state index contributed by atoms with van der Waals surface area (Å²) in [6, 6.07) is 0. The Morgan fingerprint density at radius 2 is 0.691 bits per heavy atom. The van der Waals surface area contributed by atoms with Gasteiger partial charge in [0.15, 0.2) is 11.5 Å².